The van der Waals surface area contributed by atoms with E-state index in [1.165, 1.54) is 16.7 Å². The van der Waals surface area contributed by atoms with Crippen molar-refractivity contribution in [1.82, 2.24) is 10.2 Å². The Kier molecular flexibility index (Phi) is 7.52. The van der Waals surface area contributed by atoms with Crippen LogP contribution in [0.5, 0.6) is 0 Å². The molecule has 1 heterocycles. The number of hydrogen-bond acceptors (Lipinski definition) is 4. The van der Waals surface area contributed by atoms with Gasteiger partial charge in [-0.1, -0.05) is 72.8 Å². The summed E-state index contributed by atoms with van der Waals surface area (Å²) in [7, 11) is 0. The van der Waals surface area contributed by atoms with Crippen LogP contribution in [0.3, 0.4) is 0 Å². The van der Waals surface area contributed by atoms with Crippen molar-refractivity contribution < 1.29 is 0 Å². The van der Waals surface area contributed by atoms with Crippen LogP contribution in [-0.2, 0) is 6.42 Å². The number of benzene rings is 3. The van der Waals surface area contributed by atoms with Gasteiger partial charge in [-0.15, -0.1) is 0 Å². The maximum absolute atomic E-state index is 9.24. The fourth-order valence-electron chi connectivity index (χ4n) is 4.32. The van der Waals surface area contributed by atoms with Crippen molar-refractivity contribution in [2.45, 2.75) is 31.2 Å². The van der Waals surface area contributed by atoms with Crippen molar-refractivity contribution in [3.8, 4) is 6.07 Å². The molecule has 4 aromatic rings. The molecule has 5 nitrogen and oxygen atoms in total. The number of nitrogens with two attached hydrogens (primary N) is 1. The van der Waals surface area contributed by atoms with Gasteiger partial charge < -0.3 is 11.1 Å². The van der Waals surface area contributed by atoms with Gasteiger partial charge in [-0.05, 0) is 54.6 Å². The molecule has 0 saturated heterocycles. The van der Waals surface area contributed by atoms with Gasteiger partial charge in [-0.3, -0.25) is 5.10 Å². The first-order valence-corrected chi connectivity index (χ1v) is 11.4. The Morgan fingerprint density at radius 1 is 0.879 bits per heavy atom. The summed E-state index contributed by atoms with van der Waals surface area (Å²) in [6, 6.07) is 32.3. The molecule has 1 unspecified atom stereocenters. The standard InChI is InChI=1S/C28H29N5/c29-17-16-25(14-15-27-24(19-30)20-31-33-27)32-26-13-7-12-23(18-26)28(21-8-3-1-4-9-21)22-10-5-2-6-11-22/h1-13,18,20,25,28,32H,14-17,29H2,(H,31,33). The molecule has 0 aliphatic carbocycles. The summed E-state index contributed by atoms with van der Waals surface area (Å²) in [5.41, 5.74) is 12.2. The lowest BCUT2D eigenvalue weighted by Gasteiger charge is -2.22. The molecule has 4 rings (SSSR count). The predicted octanol–water partition coefficient (Wildman–Crippen LogP) is 5.22. The molecular formula is C28H29N5. The lowest BCUT2D eigenvalue weighted by atomic mass is 9.85. The van der Waals surface area contributed by atoms with Crippen molar-refractivity contribution in [3.05, 3.63) is 119 Å². The minimum Gasteiger partial charge on any atom is -0.382 e. The fourth-order valence-corrected chi connectivity index (χ4v) is 4.32. The second-order valence-corrected chi connectivity index (χ2v) is 8.19. The average Bonchev–Trinajstić information content (AvgIpc) is 3.32. The largest absolute Gasteiger partial charge is 0.382 e. The molecule has 0 aliphatic rings. The van der Waals surface area contributed by atoms with Gasteiger partial charge in [0.1, 0.15) is 6.07 Å². The van der Waals surface area contributed by atoms with E-state index in [-0.39, 0.29) is 12.0 Å². The number of nitrogens with zero attached hydrogens (tertiary/aromatic N) is 2. The molecule has 0 radical (unpaired) electrons. The van der Waals surface area contributed by atoms with Crippen LogP contribution in [0.2, 0.25) is 0 Å². The van der Waals surface area contributed by atoms with Crippen LogP contribution in [0.1, 0.15) is 46.7 Å². The van der Waals surface area contributed by atoms with Crippen LogP contribution in [0, 0.1) is 11.3 Å². The first-order valence-electron chi connectivity index (χ1n) is 11.4. The maximum atomic E-state index is 9.24. The van der Waals surface area contributed by atoms with E-state index in [9.17, 15) is 5.26 Å². The van der Waals surface area contributed by atoms with Crippen molar-refractivity contribution in [2.24, 2.45) is 5.73 Å². The molecule has 0 bridgehead atoms. The minimum absolute atomic E-state index is 0.157. The first kappa shape index (κ1) is 22.3. The highest BCUT2D eigenvalue weighted by Crippen LogP contribution is 2.33. The zero-order chi connectivity index (χ0) is 22.9. The molecule has 0 amide bonds. The van der Waals surface area contributed by atoms with E-state index in [1.807, 2.05) is 0 Å². The highest BCUT2D eigenvalue weighted by atomic mass is 15.1. The van der Waals surface area contributed by atoms with Crippen molar-refractivity contribution in [3.63, 3.8) is 0 Å². The minimum atomic E-state index is 0.157. The van der Waals surface area contributed by atoms with Crippen molar-refractivity contribution in [1.29, 1.82) is 5.26 Å². The SMILES string of the molecule is N#Cc1c[nH]nc1CCC(CCN)Nc1cccc(C(c2ccccc2)c2ccccc2)c1. The molecule has 1 atom stereocenters. The second kappa shape index (κ2) is 11.1. The van der Waals surface area contributed by atoms with Crippen LogP contribution in [0.25, 0.3) is 0 Å². The van der Waals surface area contributed by atoms with Crippen LogP contribution >= 0.6 is 0 Å². The third kappa shape index (κ3) is 5.68. The normalized spacial score (nSPS) is 11.8. The van der Waals surface area contributed by atoms with E-state index < -0.39 is 0 Å². The van der Waals surface area contributed by atoms with Gasteiger partial charge in [0.15, 0.2) is 0 Å². The third-order valence-corrected chi connectivity index (χ3v) is 5.94. The molecular weight excluding hydrogens is 406 g/mol. The smallest absolute Gasteiger partial charge is 0.103 e. The summed E-state index contributed by atoms with van der Waals surface area (Å²) in [4.78, 5) is 0. The number of H-pyrrole nitrogens is 1. The van der Waals surface area contributed by atoms with Crippen LogP contribution in [-0.4, -0.2) is 22.8 Å². The summed E-state index contributed by atoms with van der Waals surface area (Å²) in [5, 5.41) is 19.9. The van der Waals surface area contributed by atoms with Crippen LogP contribution in [0.4, 0.5) is 5.69 Å². The zero-order valence-corrected chi connectivity index (χ0v) is 18.6. The Morgan fingerprint density at radius 3 is 2.18 bits per heavy atom. The molecule has 3 aromatic carbocycles. The topological polar surface area (TPSA) is 90.5 Å². The Morgan fingerprint density at radius 2 is 1.55 bits per heavy atom. The molecule has 33 heavy (non-hydrogen) atoms. The predicted molar refractivity (Wildman–Crippen MR) is 133 cm³/mol. The van der Waals surface area contributed by atoms with E-state index in [0.717, 1.165) is 30.6 Å². The Bertz CT molecular complexity index is 1140. The zero-order valence-electron chi connectivity index (χ0n) is 18.6. The third-order valence-electron chi connectivity index (χ3n) is 5.94. The van der Waals surface area contributed by atoms with Gasteiger partial charge >= 0.3 is 0 Å². The van der Waals surface area contributed by atoms with Gasteiger partial charge in [-0.2, -0.15) is 10.4 Å². The lowest BCUT2D eigenvalue weighted by molar-refractivity contribution is 0.605. The quantitative estimate of drug-likeness (QED) is 0.298. The number of hydrogen-bond donors (Lipinski definition) is 3. The molecule has 5 heteroatoms. The summed E-state index contributed by atoms with van der Waals surface area (Å²) in [5.74, 6) is 0.157. The first-order chi connectivity index (χ1) is 16.3. The highest BCUT2D eigenvalue weighted by molar-refractivity contribution is 5.52. The maximum Gasteiger partial charge on any atom is 0.103 e. The Hall–Kier alpha value is -3.88. The number of anilines is 1. The molecule has 1 aromatic heterocycles. The van der Waals surface area contributed by atoms with E-state index in [4.69, 9.17) is 5.73 Å². The van der Waals surface area contributed by atoms with Gasteiger partial charge in [0, 0.05) is 23.8 Å². The van der Waals surface area contributed by atoms with E-state index in [2.05, 4.69) is 107 Å². The number of rotatable bonds is 10. The number of aromatic amines is 1. The molecule has 166 valence electrons. The summed E-state index contributed by atoms with van der Waals surface area (Å²) >= 11 is 0. The van der Waals surface area contributed by atoms with Gasteiger partial charge in [0.05, 0.1) is 11.3 Å². The number of nitrogens with one attached hydrogen (secondary N) is 2. The fraction of sp³-hybridized carbons (Fsp3) is 0.214. The molecule has 4 N–H and O–H groups in total. The lowest BCUT2D eigenvalue weighted by Crippen LogP contribution is -2.24. The summed E-state index contributed by atoms with van der Waals surface area (Å²) in [6.07, 6.45) is 4.07. The van der Waals surface area contributed by atoms with Gasteiger partial charge in [0.2, 0.25) is 0 Å². The average molecular weight is 436 g/mol. The number of aryl methyl sites for hydroxylation is 1. The Balaban J connectivity index is 1.56. The van der Waals surface area contributed by atoms with Gasteiger partial charge in [0.25, 0.3) is 0 Å². The van der Waals surface area contributed by atoms with E-state index in [1.54, 1.807) is 6.20 Å². The number of nitriles is 1. The molecule has 0 aliphatic heterocycles. The van der Waals surface area contributed by atoms with Crippen LogP contribution in [0.15, 0.2) is 91.1 Å². The molecule has 0 fully saturated rings. The monoisotopic (exact) mass is 435 g/mol. The van der Waals surface area contributed by atoms with E-state index in [0.29, 0.717) is 12.1 Å². The second-order valence-electron chi connectivity index (χ2n) is 8.19. The van der Waals surface area contributed by atoms with Gasteiger partial charge in [-0.25, -0.2) is 0 Å². The summed E-state index contributed by atoms with van der Waals surface area (Å²) in [6.45, 7) is 0.597. The molecule has 0 saturated carbocycles. The highest BCUT2D eigenvalue weighted by Gasteiger charge is 2.18. The number of aromatic nitrogens is 2. The van der Waals surface area contributed by atoms with Crippen molar-refractivity contribution >= 4 is 5.69 Å². The summed E-state index contributed by atoms with van der Waals surface area (Å²) < 4.78 is 0. The van der Waals surface area contributed by atoms with Crippen molar-refractivity contribution in [2.75, 3.05) is 11.9 Å². The van der Waals surface area contributed by atoms with Crippen LogP contribution < -0.4 is 11.1 Å². The van der Waals surface area contributed by atoms with E-state index >= 15 is 0 Å². The molecule has 0 spiro atoms. The Labute approximate surface area is 195 Å².